The molecule has 2 aromatic heterocycles. The van der Waals surface area contributed by atoms with Crippen molar-refractivity contribution in [1.29, 1.82) is 0 Å². The largest absolute Gasteiger partial charge is 0.467 e. The van der Waals surface area contributed by atoms with E-state index < -0.39 is 0 Å². The van der Waals surface area contributed by atoms with E-state index in [1.54, 1.807) is 30.5 Å². The Morgan fingerprint density at radius 3 is 2.82 bits per heavy atom. The fourth-order valence-electron chi connectivity index (χ4n) is 3.50. The first-order chi connectivity index (χ1) is 13.5. The molecule has 144 valence electrons. The molecule has 1 aromatic carbocycles. The van der Waals surface area contributed by atoms with Gasteiger partial charge < -0.3 is 14.6 Å². The number of halogens is 1. The average molecular weight is 415 g/mol. The molecule has 5 nitrogen and oxygen atoms in total. The Bertz CT molecular complexity index is 1010. The number of hydrogen-bond acceptors (Lipinski definition) is 4. The topological polar surface area (TPSA) is 62.6 Å². The molecule has 3 aromatic rings. The zero-order valence-electron chi connectivity index (χ0n) is 15.3. The van der Waals surface area contributed by atoms with Crippen molar-refractivity contribution in [2.45, 2.75) is 25.8 Å². The Morgan fingerprint density at radius 1 is 1.25 bits per heavy atom. The van der Waals surface area contributed by atoms with E-state index in [1.165, 1.54) is 11.3 Å². The lowest BCUT2D eigenvalue weighted by Gasteiger charge is -2.22. The zero-order valence-corrected chi connectivity index (χ0v) is 16.8. The van der Waals surface area contributed by atoms with E-state index in [2.05, 4.69) is 5.32 Å². The Morgan fingerprint density at radius 2 is 2.07 bits per heavy atom. The van der Waals surface area contributed by atoms with Gasteiger partial charge >= 0.3 is 0 Å². The summed E-state index contributed by atoms with van der Waals surface area (Å²) in [5.74, 6) is 0.493. The molecule has 28 heavy (non-hydrogen) atoms. The maximum atomic E-state index is 13.2. The van der Waals surface area contributed by atoms with E-state index in [1.807, 2.05) is 30.0 Å². The number of rotatable bonds is 4. The highest BCUT2D eigenvalue weighted by atomic mass is 35.5. The third-order valence-corrected chi connectivity index (χ3v) is 6.32. The molecule has 0 aliphatic carbocycles. The first-order valence-electron chi connectivity index (χ1n) is 9.05. The van der Waals surface area contributed by atoms with Gasteiger partial charge in [-0.25, -0.2) is 0 Å². The van der Waals surface area contributed by atoms with Gasteiger partial charge in [-0.05, 0) is 55.7 Å². The van der Waals surface area contributed by atoms with Crippen molar-refractivity contribution in [2.75, 3.05) is 11.9 Å². The van der Waals surface area contributed by atoms with Crippen LogP contribution in [0.4, 0.5) is 5.00 Å². The van der Waals surface area contributed by atoms with Crippen LogP contribution in [0.2, 0.25) is 5.02 Å². The van der Waals surface area contributed by atoms with E-state index in [9.17, 15) is 9.59 Å². The average Bonchev–Trinajstić information content (AvgIpc) is 3.42. The molecular weight excluding hydrogens is 396 g/mol. The maximum absolute atomic E-state index is 13.2. The molecule has 7 heteroatoms. The van der Waals surface area contributed by atoms with Crippen LogP contribution in [-0.4, -0.2) is 23.3 Å². The Labute approximate surface area is 171 Å². The summed E-state index contributed by atoms with van der Waals surface area (Å²) in [6.07, 6.45) is 3.46. The smallest absolute Gasteiger partial charge is 0.264 e. The number of nitrogens with zero attached hydrogens (tertiary/aromatic N) is 1. The number of thiophene rings is 1. The van der Waals surface area contributed by atoms with E-state index >= 15 is 0 Å². The highest BCUT2D eigenvalue weighted by Crippen LogP contribution is 2.36. The van der Waals surface area contributed by atoms with Crippen molar-refractivity contribution in [3.8, 4) is 0 Å². The number of furan rings is 1. The van der Waals surface area contributed by atoms with Crippen LogP contribution in [-0.2, 0) is 0 Å². The Hall–Kier alpha value is -2.57. The molecule has 0 saturated carbocycles. The lowest BCUT2D eigenvalue weighted by atomic mass is 10.1. The van der Waals surface area contributed by atoms with Gasteiger partial charge in [0, 0.05) is 6.54 Å². The molecule has 1 aliphatic heterocycles. The highest BCUT2D eigenvalue weighted by Gasteiger charge is 2.33. The molecule has 1 aliphatic rings. The SMILES string of the molecule is Cc1cc(NC(=O)c2ccccc2Cl)sc1C(=O)N1CCCC1c1ccco1. The van der Waals surface area contributed by atoms with Crippen LogP contribution in [0, 0.1) is 6.92 Å². The van der Waals surface area contributed by atoms with Gasteiger partial charge in [0.1, 0.15) is 5.76 Å². The second kappa shape index (κ2) is 7.81. The first kappa shape index (κ1) is 18.8. The lowest BCUT2D eigenvalue weighted by molar-refractivity contribution is 0.0724. The van der Waals surface area contributed by atoms with Gasteiger partial charge in [-0.1, -0.05) is 23.7 Å². The number of carbonyl (C=O) groups is 2. The first-order valence-corrected chi connectivity index (χ1v) is 10.2. The zero-order chi connectivity index (χ0) is 19.7. The highest BCUT2D eigenvalue weighted by molar-refractivity contribution is 7.18. The number of benzene rings is 1. The Balaban J connectivity index is 1.53. The number of aryl methyl sites for hydroxylation is 1. The molecule has 1 unspecified atom stereocenters. The number of hydrogen-bond donors (Lipinski definition) is 1. The van der Waals surface area contributed by atoms with Crippen LogP contribution < -0.4 is 5.32 Å². The number of amides is 2. The van der Waals surface area contributed by atoms with Crippen LogP contribution >= 0.6 is 22.9 Å². The van der Waals surface area contributed by atoms with Gasteiger partial charge in [-0.15, -0.1) is 11.3 Å². The summed E-state index contributed by atoms with van der Waals surface area (Å²) in [7, 11) is 0. The summed E-state index contributed by atoms with van der Waals surface area (Å²) in [4.78, 5) is 28.1. The van der Waals surface area contributed by atoms with Crippen molar-refractivity contribution in [3.63, 3.8) is 0 Å². The second-order valence-electron chi connectivity index (χ2n) is 6.73. The monoisotopic (exact) mass is 414 g/mol. The van der Waals surface area contributed by atoms with Crippen molar-refractivity contribution in [3.05, 3.63) is 75.5 Å². The van der Waals surface area contributed by atoms with E-state index in [0.29, 0.717) is 27.0 Å². The summed E-state index contributed by atoms with van der Waals surface area (Å²) in [5, 5.41) is 3.87. The fourth-order valence-corrected chi connectivity index (χ4v) is 4.74. The van der Waals surface area contributed by atoms with Crippen LogP contribution in [0.25, 0.3) is 0 Å². The van der Waals surface area contributed by atoms with Crippen molar-refractivity contribution >= 4 is 39.8 Å². The maximum Gasteiger partial charge on any atom is 0.264 e. The minimum Gasteiger partial charge on any atom is -0.467 e. The molecule has 4 rings (SSSR count). The van der Waals surface area contributed by atoms with Crippen LogP contribution in [0.15, 0.2) is 53.1 Å². The lowest BCUT2D eigenvalue weighted by Crippen LogP contribution is -2.30. The minimum atomic E-state index is -0.291. The molecule has 3 heterocycles. The van der Waals surface area contributed by atoms with Gasteiger partial charge in [0.15, 0.2) is 0 Å². The normalized spacial score (nSPS) is 16.4. The number of likely N-dealkylation sites (tertiary alicyclic amines) is 1. The van der Waals surface area contributed by atoms with E-state index in [-0.39, 0.29) is 17.9 Å². The fraction of sp³-hybridized carbons (Fsp3) is 0.238. The summed E-state index contributed by atoms with van der Waals surface area (Å²) in [5.41, 5.74) is 1.25. The van der Waals surface area contributed by atoms with Gasteiger partial charge in [-0.3, -0.25) is 9.59 Å². The summed E-state index contributed by atoms with van der Waals surface area (Å²) in [6.45, 7) is 2.58. The molecule has 0 spiro atoms. The van der Waals surface area contributed by atoms with E-state index in [4.69, 9.17) is 16.0 Å². The third kappa shape index (κ3) is 3.57. The molecule has 0 radical (unpaired) electrons. The van der Waals surface area contributed by atoms with Gasteiger partial charge in [-0.2, -0.15) is 0 Å². The van der Waals surface area contributed by atoms with E-state index in [0.717, 1.165) is 24.2 Å². The predicted molar refractivity (Wildman–Crippen MR) is 110 cm³/mol. The quantitative estimate of drug-likeness (QED) is 0.610. The molecule has 1 saturated heterocycles. The molecule has 0 bridgehead atoms. The van der Waals surface area contributed by atoms with Crippen LogP contribution in [0.3, 0.4) is 0 Å². The van der Waals surface area contributed by atoms with Gasteiger partial charge in [0.05, 0.1) is 32.8 Å². The second-order valence-corrected chi connectivity index (χ2v) is 8.19. The van der Waals surface area contributed by atoms with Crippen molar-refractivity contribution in [2.24, 2.45) is 0 Å². The molecule has 1 fully saturated rings. The van der Waals surface area contributed by atoms with Gasteiger partial charge in [0.25, 0.3) is 11.8 Å². The third-order valence-electron chi connectivity index (χ3n) is 4.85. The van der Waals surface area contributed by atoms with Gasteiger partial charge in [0.2, 0.25) is 0 Å². The van der Waals surface area contributed by atoms with Crippen LogP contribution in [0.5, 0.6) is 0 Å². The summed E-state index contributed by atoms with van der Waals surface area (Å²) < 4.78 is 5.52. The Kier molecular flexibility index (Phi) is 5.24. The van der Waals surface area contributed by atoms with Crippen molar-refractivity contribution in [1.82, 2.24) is 4.90 Å². The van der Waals surface area contributed by atoms with Crippen molar-refractivity contribution < 1.29 is 14.0 Å². The number of carbonyl (C=O) groups excluding carboxylic acids is 2. The minimum absolute atomic E-state index is 0.0281. The predicted octanol–water partition coefficient (Wildman–Crippen LogP) is 5.53. The molecule has 2 amide bonds. The molecular formula is C21H19ClN2O3S. The number of anilines is 1. The molecule has 1 N–H and O–H groups in total. The summed E-state index contributed by atoms with van der Waals surface area (Å²) >= 11 is 7.38. The molecule has 1 atom stereocenters. The summed E-state index contributed by atoms with van der Waals surface area (Å²) in [6, 6.07) is 12.4. The standard InChI is InChI=1S/C21H19ClN2O3S/c1-13-12-18(23-20(25)14-6-2-3-7-15(14)22)28-19(13)21(26)24-10-4-8-16(24)17-9-5-11-27-17/h2-3,5-7,9,11-12,16H,4,8,10H2,1H3,(H,23,25). The van der Waals surface area contributed by atoms with Crippen LogP contribution in [0.1, 0.15) is 50.2 Å². The number of nitrogens with one attached hydrogen (secondary N) is 1.